The van der Waals surface area contributed by atoms with Gasteiger partial charge >= 0.3 is 5.97 Å². The summed E-state index contributed by atoms with van der Waals surface area (Å²) in [4.78, 5) is 27.7. The monoisotopic (exact) mass is 303 g/mol. The Hall–Kier alpha value is -2.37. The molecule has 118 valence electrons. The average Bonchev–Trinajstić information content (AvgIpc) is 2.87. The number of carboxylic acids is 1. The largest absolute Gasteiger partial charge is 0.480 e. The number of amides is 1. The van der Waals surface area contributed by atoms with Gasteiger partial charge in [0.05, 0.1) is 12.1 Å². The molecule has 2 atom stereocenters. The number of carbonyl (C=O) groups is 2. The van der Waals surface area contributed by atoms with Crippen molar-refractivity contribution in [2.45, 2.75) is 39.7 Å². The highest BCUT2D eigenvalue weighted by atomic mass is 16.4. The highest BCUT2D eigenvalue weighted by Gasteiger charge is 2.25. The van der Waals surface area contributed by atoms with Crippen LogP contribution in [0.25, 0.3) is 5.65 Å². The summed E-state index contributed by atoms with van der Waals surface area (Å²) < 4.78 is 1.91. The molecule has 6 heteroatoms. The van der Waals surface area contributed by atoms with Gasteiger partial charge in [0, 0.05) is 11.9 Å². The van der Waals surface area contributed by atoms with Crippen molar-refractivity contribution >= 4 is 17.5 Å². The lowest BCUT2D eigenvalue weighted by atomic mass is 9.99. The minimum atomic E-state index is -1.01. The fraction of sp³-hybridized carbons (Fsp3) is 0.438. The van der Waals surface area contributed by atoms with E-state index in [1.807, 2.05) is 49.6 Å². The van der Waals surface area contributed by atoms with Crippen LogP contribution in [0.3, 0.4) is 0 Å². The maximum atomic E-state index is 12.1. The van der Waals surface area contributed by atoms with E-state index in [1.165, 1.54) is 0 Å². The van der Waals surface area contributed by atoms with Crippen LogP contribution in [0.2, 0.25) is 0 Å². The molecule has 2 aromatic heterocycles. The number of carbonyl (C=O) groups excluding carboxylic acids is 1. The first-order valence-electron chi connectivity index (χ1n) is 7.38. The van der Waals surface area contributed by atoms with Crippen molar-refractivity contribution in [2.24, 2.45) is 5.92 Å². The van der Waals surface area contributed by atoms with Gasteiger partial charge in [0.25, 0.3) is 0 Å². The van der Waals surface area contributed by atoms with Crippen LogP contribution in [0.5, 0.6) is 0 Å². The first-order chi connectivity index (χ1) is 10.4. The Bertz CT molecular complexity index is 693. The second kappa shape index (κ2) is 6.60. The first-order valence-corrected chi connectivity index (χ1v) is 7.38. The Labute approximate surface area is 129 Å². The molecule has 2 heterocycles. The van der Waals surface area contributed by atoms with Gasteiger partial charge in [0.15, 0.2) is 0 Å². The van der Waals surface area contributed by atoms with E-state index in [-0.39, 0.29) is 18.2 Å². The Balaban J connectivity index is 2.10. The lowest BCUT2D eigenvalue weighted by Gasteiger charge is -2.19. The van der Waals surface area contributed by atoms with Crippen LogP contribution in [0, 0.1) is 12.8 Å². The zero-order chi connectivity index (χ0) is 16.3. The number of aryl methyl sites for hydroxylation is 1. The smallest absolute Gasteiger partial charge is 0.326 e. The molecular weight excluding hydrogens is 282 g/mol. The lowest BCUT2D eigenvalue weighted by molar-refractivity contribution is -0.143. The summed E-state index contributed by atoms with van der Waals surface area (Å²) in [5, 5.41) is 11.8. The standard InChI is InChI=1S/C16H21N3O3/c1-4-10(2)15(16(21)22)18-14(20)8-12-9-19-11(3)6-5-7-13(19)17-12/h5-7,9-10,15H,4,8H2,1-3H3,(H,18,20)(H,21,22). The van der Waals surface area contributed by atoms with Crippen LogP contribution < -0.4 is 5.32 Å². The lowest BCUT2D eigenvalue weighted by Crippen LogP contribution is -2.45. The predicted octanol–water partition coefficient (Wildman–Crippen LogP) is 1.80. The molecule has 0 aliphatic carbocycles. The van der Waals surface area contributed by atoms with Gasteiger partial charge in [0.2, 0.25) is 5.91 Å². The van der Waals surface area contributed by atoms with E-state index >= 15 is 0 Å². The van der Waals surface area contributed by atoms with E-state index in [2.05, 4.69) is 10.3 Å². The molecule has 1 amide bonds. The second-order valence-electron chi connectivity index (χ2n) is 5.57. The van der Waals surface area contributed by atoms with Crippen LogP contribution in [0.15, 0.2) is 24.4 Å². The minimum Gasteiger partial charge on any atom is -0.480 e. The molecule has 0 radical (unpaired) electrons. The van der Waals surface area contributed by atoms with Crippen LogP contribution in [0.4, 0.5) is 0 Å². The number of rotatable bonds is 6. The van der Waals surface area contributed by atoms with Gasteiger partial charge in [-0.2, -0.15) is 0 Å². The summed E-state index contributed by atoms with van der Waals surface area (Å²) >= 11 is 0. The summed E-state index contributed by atoms with van der Waals surface area (Å²) in [7, 11) is 0. The third kappa shape index (κ3) is 3.44. The number of aromatic nitrogens is 2. The number of hydrogen-bond acceptors (Lipinski definition) is 3. The van der Waals surface area contributed by atoms with Gasteiger partial charge < -0.3 is 14.8 Å². The molecule has 0 aromatic carbocycles. The third-order valence-electron chi connectivity index (χ3n) is 3.88. The van der Waals surface area contributed by atoms with Gasteiger partial charge in [-0.25, -0.2) is 9.78 Å². The van der Waals surface area contributed by atoms with Gasteiger partial charge in [-0.1, -0.05) is 26.3 Å². The molecule has 0 bridgehead atoms. The zero-order valence-corrected chi connectivity index (χ0v) is 13.0. The summed E-state index contributed by atoms with van der Waals surface area (Å²) in [5.41, 5.74) is 2.43. The number of aliphatic carboxylic acids is 1. The van der Waals surface area contributed by atoms with Crippen LogP contribution in [0.1, 0.15) is 31.7 Å². The quantitative estimate of drug-likeness (QED) is 0.852. The number of nitrogens with zero attached hydrogens (tertiary/aromatic N) is 2. The van der Waals surface area contributed by atoms with Crippen molar-refractivity contribution in [3.63, 3.8) is 0 Å². The molecule has 6 nitrogen and oxygen atoms in total. The van der Waals surface area contributed by atoms with Crippen LogP contribution >= 0.6 is 0 Å². The summed E-state index contributed by atoms with van der Waals surface area (Å²) in [6.07, 6.45) is 2.56. The predicted molar refractivity (Wildman–Crippen MR) is 82.7 cm³/mol. The van der Waals surface area contributed by atoms with Crippen molar-refractivity contribution in [3.05, 3.63) is 35.8 Å². The van der Waals surface area contributed by atoms with Crippen molar-refractivity contribution < 1.29 is 14.7 Å². The molecule has 0 saturated heterocycles. The van der Waals surface area contributed by atoms with E-state index in [0.29, 0.717) is 12.1 Å². The number of imidazole rings is 1. The van der Waals surface area contributed by atoms with E-state index in [4.69, 9.17) is 0 Å². The molecular formula is C16H21N3O3. The van der Waals surface area contributed by atoms with Gasteiger partial charge in [-0.3, -0.25) is 4.79 Å². The summed E-state index contributed by atoms with van der Waals surface area (Å²) in [6.45, 7) is 5.67. The maximum absolute atomic E-state index is 12.1. The molecule has 0 aliphatic rings. The number of nitrogens with one attached hydrogen (secondary N) is 1. The Morgan fingerprint density at radius 3 is 2.73 bits per heavy atom. The van der Waals surface area contributed by atoms with Crippen molar-refractivity contribution in [3.8, 4) is 0 Å². The minimum absolute atomic E-state index is 0.0708. The highest BCUT2D eigenvalue weighted by molar-refractivity contribution is 5.84. The molecule has 2 rings (SSSR count). The summed E-state index contributed by atoms with van der Waals surface area (Å²) in [6, 6.07) is 4.87. The Kier molecular flexibility index (Phi) is 4.80. The van der Waals surface area contributed by atoms with Crippen molar-refractivity contribution in [1.29, 1.82) is 0 Å². The highest BCUT2D eigenvalue weighted by Crippen LogP contribution is 2.11. The summed E-state index contributed by atoms with van der Waals surface area (Å²) in [5.74, 6) is -1.45. The number of hydrogen-bond donors (Lipinski definition) is 2. The SMILES string of the molecule is CCC(C)C(NC(=O)Cc1cn2c(C)cccc2n1)C(=O)O. The van der Waals surface area contributed by atoms with Crippen LogP contribution in [-0.4, -0.2) is 32.4 Å². The number of fused-ring (bicyclic) bond motifs is 1. The molecule has 0 saturated carbocycles. The fourth-order valence-corrected chi connectivity index (χ4v) is 2.36. The topological polar surface area (TPSA) is 83.7 Å². The number of carboxylic acid groups (broad SMARTS) is 1. The van der Waals surface area contributed by atoms with Crippen molar-refractivity contribution in [1.82, 2.24) is 14.7 Å². The molecule has 2 N–H and O–H groups in total. The fourth-order valence-electron chi connectivity index (χ4n) is 2.36. The molecule has 0 aliphatic heterocycles. The van der Waals surface area contributed by atoms with E-state index in [0.717, 1.165) is 11.3 Å². The second-order valence-corrected chi connectivity index (χ2v) is 5.57. The molecule has 22 heavy (non-hydrogen) atoms. The average molecular weight is 303 g/mol. The van der Waals surface area contributed by atoms with E-state index in [1.54, 1.807) is 0 Å². The van der Waals surface area contributed by atoms with Gasteiger partial charge in [-0.05, 0) is 25.0 Å². The van der Waals surface area contributed by atoms with E-state index < -0.39 is 12.0 Å². The maximum Gasteiger partial charge on any atom is 0.326 e. The van der Waals surface area contributed by atoms with Crippen molar-refractivity contribution in [2.75, 3.05) is 0 Å². The molecule has 0 spiro atoms. The normalized spacial score (nSPS) is 13.8. The van der Waals surface area contributed by atoms with Gasteiger partial charge in [0.1, 0.15) is 11.7 Å². The number of pyridine rings is 1. The Morgan fingerprint density at radius 1 is 1.41 bits per heavy atom. The van der Waals surface area contributed by atoms with E-state index in [9.17, 15) is 14.7 Å². The third-order valence-corrected chi connectivity index (χ3v) is 3.88. The molecule has 0 fully saturated rings. The van der Waals surface area contributed by atoms with Crippen LogP contribution in [-0.2, 0) is 16.0 Å². The Morgan fingerprint density at radius 2 is 2.14 bits per heavy atom. The zero-order valence-electron chi connectivity index (χ0n) is 13.0. The molecule has 2 aromatic rings. The van der Waals surface area contributed by atoms with Gasteiger partial charge in [-0.15, -0.1) is 0 Å². The molecule has 2 unspecified atom stereocenters. The first kappa shape index (κ1) is 16.0.